The highest BCUT2D eigenvalue weighted by molar-refractivity contribution is 6.01. The molecule has 0 spiro atoms. The van der Waals surface area contributed by atoms with Gasteiger partial charge in [-0.2, -0.15) is 0 Å². The third-order valence-corrected chi connectivity index (χ3v) is 3.21. The molecule has 2 aromatic rings. The lowest BCUT2D eigenvalue weighted by Gasteiger charge is -2.28. The lowest BCUT2D eigenvalue weighted by Crippen LogP contribution is -2.46. The van der Waals surface area contributed by atoms with Crippen LogP contribution in [0.3, 0.4) is 0 Å². The first-order valence-corrected chi connectivity index (χ1v) is 6.17. The summed E-state index contributed by atoms with van der Waals surface area (Å²) in [6.45, 7) is 3.47. The predicted octanol–water partition coefficient (Wildman–Crippen LogP) is 2.46. The maximum Gasteiger partial charge on any atom is 0.321 e. The molecule has 0 saturated carbocycles. The monoisotopic (exact) mass is 241 g/mol. The number of nitrogens with zero attached hydrogens (tertiary/aromatic N) is 2. The Kier molecular flexibility index (Phi) is 2.63. The molecule has 1 aliphatic heterocycles. The highest BCUT2D eigenvalue weighted by Crippen LogP contribution is 2.26. The maximum absolute atomic E-state index is 11.9. The van der Waals surface area contributed by atoms with Gasteiger partial charge in [0.2, 0.25) is 0 Å². The molecule has 0 aliphatic carbocycles. The Hall–Kier alpha value is -2.10. The summed E-state index contributed by atoms with van der Waals surface area (Å²) in [5.41, 5.74) is 2.76. The number of aryl methyl sites for hydroxylation is 1. The highest BCUT2D eigenvalue weighted by Gasteiger charge is 2.21. The van der Waals surface area contributed by atoms with Gasteiger partial charge in [-0.3, -0.25) is 9.88 Å². The van der Waals surface area contributed by atoms with E-state index in [1.165, 1.54) is 0 Å². The molecule has 1 saturated heterocycles. The van der Waals surface area contributed by atoms with E-state index in [1.807, 2.05) is 37.3 Å². The van der Waals surface area contributed by atoms with Crippen molar-refractivity contribution in [3.63, 3.8) is 0 Å². The number of aromatic nitrogens is 1. The number of pyridine rings is 1. The van der Waals surface area contributed by atoms with Gasteiger partial charge in [-0.15, -0.1) is 0 Å². The summed E-state index contributed by atoms with van der Waals surface area (Å²) in [4.78, 5) is 18.3. The van der Waals surface area contributed by atoms with Crippen LogP contribution in [0.25, 0.3) is 10.9 Å². The zero-order chi connectivity index (χ0) is 12.5. The molecule has 1 fully saturated rings. The number of para-hydroxylation sites is 1. The first-order chi connectivity index (χ1) is 8.75. The van der Waals surface area contributed by atoms with Gasteiger partial charge in [0.05, 0.1) is 11.2 Å². The van der Waals surface area contributed by atoms with Crippen molar-refractivity contribution in [2.24, 2.45) is 0 Å². The second-order valence-corrected chi connectivity index (χ2v) is 4.54. The van der Waals surface area contributed by atoms with E-state index in [2.05, 4.69) is 10.3 Å². The number of urea groups is 1. The SMILES string of the molecule is Cc1ccc2cccc(N3CCCNC3=O)c2n1. The Bertz CT molecular complexity index is 609. The molecule has 2 heterocycles. The number of fused-ring (bicyclic) bond motifs is 1. The lowest BCUT2D eigenvalue weighted by atomic mass is 10.1. The molecule has 1 N–H and O–H groups in total. The van der Waals surface area contributed by atoms with Crippen molar-refractivity contribution in [2.75, 3.05) is 18.0 Å². The summed E-state index contributed by atoms with van der Waals surface area (Å²) in [5.74, 6) is 0. The molecule has 18 heavy (non-hydrogen) atoms. The minimum Gasteiger partial charge on any atom is -0.338 e. The van der Waals surface area contributed by atoms with E-state index in [0.29, 0.717) is 0 Å². The van der Waals surface area contributed by atoms with Crippen LogP contribution < -0.4 is 10.2 Å². The van der Waals surface area contributed by atoms with E-state index in [-0.39, 0.29) is 6.03 Å². The van der Waals surface area contributed by atoms with Crippen LogP contribution in [0.1, 0.15) is 12.1 Å². The van der Waals surface area contributed by atoms with E-state index >= 15 is 0 Å². The van der Waals surface area contributed by atoms with Gasteiger partial charge in [0.1, 0.15) is 0 Å². The van der Waals surface area contributed by atoms with E-state index in [4.69, 9.17) is 0 Å². The second kappa shape index (κ2) is 4.29. The summed E-state index contributed by atoms with van der Waals surface area (Å²) < 4.78 is 0. The van der Waals surface area contributed by atoms with Gasteiger partial charge in [-0.05, 0) is 25.5 Å². The Morgan fingerprint density at radius 3 is 3.00 bits per heavy atom. The Morgan fingerprint density at radius 2 is 2.17 bits per heavy atom. The number of nitrogens with one attached hydrogen (secondary N) is 1. The number of anilines is 1. The van der Waals surface area contributed by atoms with Gasteiger partial charge in [0, 0.05) is 24.2 Å². The van der Waals surface area contributed by atoms with Crippen molar-refractivity contribution >= 4 is 22.6 Å². The van der Waals surface area contributed by atoms with Gasteiger partial charge in [-0.25, -0.2) is 4.79 Å². The van der Waals surface area contributed by atoms with Crippen molar-refractivity contribution in [3.8, 4) is 0 Å². The van der Waals surface area contributed by atoms with E-state index in [1.54, 1.807) is 4.90 Å². The normalized spacial score (nSPS) is 15.8. The molecular formula is C14H15N3O. The Labute approximate surface area is 106 Å². The minimum atomic E-state index is -0.0305. The van der Waals surface area contributed by atoms with Crippen LogP contribution in [0.15, 0.2) is 30.3 Å². The Balaban J connectivity index is 2.15. The summed E-state index contributed by atoms with van der Waals surface area (Å²) in [5, 5.41) is 3.94. The molecular weight excluding hydrogens is 226 g/mol. The average Bonchev–Trinajstić information content (AvgIpc) is 2.39. The van der Waals surface area contributed by atoms with Gasteiger partial charge in [0.15, 0.2) is 0 Å². The summed E-state index contributed by atoms with van der Waals surface area (Å²) >= 11 is 0. The molecule has 0 atom stereocenters. The fourth-order valence-corrected chi connectivity index (χ4v) is 2.31. The zero-order valence-electron chi connectivity index (χ0n) is 10.3. The van der Waals surface area contributed by atoms with Crippen LogP contribution in [0, 0.1) is 6.92 Å². The standard InChI is InChI=1S/C14H15N3O/c1-10-6-7-11-4-2-5-12(13(11)16-10)17-9-3-8-15-14(17)18/h2,4-7H,3,8-9H2,1H3,(H,15,18). The van der Waals surface area contributed by atoms with Crippen LogP contribution in [-0.4, -0.2) is 24.1 Å². The summed E-state index contributed by atoms with van der Waals surface area (Å²) in [6.07, 6.45) is 0.966. The molecule has 0 radical (unpaired) electrons. The minimum absolute atomic E-state index is 0.0305. The third kappa shape index (κ3) is 1.79. The highest BCUT2D eigenvalue weighted by atomic mass is 16.2. The maximum atomic E-state index is 11.9. The first-order valence-electron chi connectivity index (χ1n) is 6.17. The van der Waals surface area contributed by atoms with E-state index in [0.717, 1.165) is 41.8 Å². The predicted molar refractivity (Wildman–Crippen MR) is 71.8 cm³/mol. The summed E-state index contributed by atoms with van der Waals surface area (Å²) in [7, 11) is 0. The zero-order valence-corrected chi connectivity index (χ0v) is 10.3. The number of hydrogen-bond acceptors (Lipinski definition) is 2. The molecule has 1 aliphatic rings. The van der Waals surface area contributed by atoms with Crippen molar-refractivity contribution in [1.82, 2.24) is 10.3 Å². The third-order valence-electron chi connectivity index (χ3n) is 3.21. The topological polar surface area (TPSA) is 45.2 Å². The first kappa shape index (κ1) is 11.0. The van der Waals surface area contributed by atoms with Gasteiger partial charge < -0.3 is 5.32 Å². The van der Waals surface area contributed by atoms with Crippen LogP contribution in [0.2, 0.25) is 0 Å². The average molecular weight is 241 g/mol. The van der Waals surface area contributed by atoms with Crippen LogP contribution >= 0.6 is 0 Å². The van der Waals surface area contributed by atoms with Crippen molar-refractivity contribution in [2.45, 2.75) is 13.3 Å². The van der Waals surface area contributed by atoms with Gasteiger partial charge in [0.25, 0.3) is 0 Å². The number of carbonyl (C=O) groups is 1. The van der Waals surface area contributed by atoms with Crippen LogP contribution in [0.4, 0.5) is 10.5 Å². The fourth-order valence-electron chi connectivity index (χ4n) is 2.31. The molecule has 2 amide bonds. The molecule has 0 bridgehead atoms. The molecule has 4 heteroatoms. The van der Waals surface area contributed by atoms with Crippen molar-refractivity contribution in [1.29, 1.82) is 0 Å². The number of hydrogen-bond donors (Lipinski definition) is 1. The van der Waals surface area contributed by atoms with Crippen LogP contribution in [-0.2, 0) is 0 Å². The number of carbonyl (C=O) groups excluding carboxylic acids is 1. The van der Waals surface area contributed by atoms with Crippen LogP contribution in [0.5, 0.6) is 0 Å². The second-order valence-electron chi connectivity index (χ2n) is 4.54. The summed E-state index contributed by atoms with van der Waals surface area (Å²) in [6, 6.07) is 9.95. The molecule has 4 nitrogen and oxygen atoms in total. The van der Waals surface area contributed by atoms with Crippen molar-refractivity contribution in [3.05, 3.63) is 36.0 Å². The number of rotatable bonds is 1. The number of amides is 2. The molecule has 1 aromatic heterocycles. The van der Waals surface area contributed by atoms with Gasteiger partial charge in [-0.1, -0.05) is 18.2 Å². The van der Waals surface area contributed by atoms with Gasteiger partial charge >= 0.3 is 6.03 Å². The quantitative estimate of drug-likeness (QED) is 0.833. The number of benzene rings is 1. The Morgan fingerprint density at radius 1 is 1.28 bits per heavy atom. The van der Waals surface area contributed by atoms with Crippen molar-refractivity contribution < 1.29 is 4.79 Å². The fraction of sp³-hybridized carbons (Fsp3) is 0.286. The molecule has 3 rings (SSSR count). The molecule has 92 valence electrons. The van der Waals surface area contributed by atoms with E-state index < -0.39 is 0 Å². The molecule has 1 aromatic carbocycles. The molecule has 0 unspecified atom stereocenters. The largest absolute Gasteiger partial charge is 0.338 e. The smallest absolute Gasteiger partial charge is 0.321 e. The lowest BCUT2D eigenvalue weighted by molar-refractivity contribution is 0.243. The van der Waals surface area contributed by atoms with E-state index in [9.17, 15) is 4.79 Å².